The number of fused-ring (bicyclic) bond motifs is 1. The first-order valence-electron chi connectivity index (χ1n) is 6.57. The molecule has 1 saturated carbocycles. The molecule has 0 atom stereocenters. The van der Waals surface area contributed by atoms with Gasteiger partial charge in [-0.25, -0.2) is 9.07 Å². The van der Waals surface area contributed by atoms with Crippen LogP contribution in [0.5, 0.6) is 0 Å². The Morgan fingerprint density at radius 1 is 1.19 bits per heavy atom. The highest BCUT2D eigenvalue weighted by atomic mass is 19.1. The summed E-state index contributed by atoms with van der Waals surface area (Å²) in [6.07, 6.45) is 1.98. The standard InChI is InChI=1S/C13H10FN5O2/c14-7-1-4-9-10(5-7)13(21)18(12(9)20)6-11-15-16-17-19(11)8-2-3-8/h1,4-5,8H,2-3,6H2. The molecule has 1 aliphatic heterocycles. The third-order valence-corrected chi connectivity index (χ3v) is 3.69. The van der Waals surface area contributed by atoms with Gasteiger partial charge in [0.1, 0.15) is 5.82 Å². The van der Waals surface area contributed by atoms with Gasteiger partial charge in [-0.05, 0) is 41.5 Å². The average molecular weight is 287 g/mol. The third-order valence-electron chi connectivity index (χ3n) is 3.69. The molecule has 2 amide bonds. The van der Waals surface area contributed by atoms with E-state index in [0.29, 0.717) is 5.82 Å². The number of benzene rings is 1. The minimum atomic E-state index is -0.542. The van der Waals surface area contributed by atoms with Crippen molar-refractivity contribution in [2.24, 2.45) is 0 Å². The van der Waals surface area contributed by atoms with Crippen LogP contribution in [-0.4, -0.2) is 36.9 Å². The summed E-state index contributed by atoms with van der Waals surface area (Å²) in [5, 5.41) is 11.3. The maximum absolute atomic E-state index is 13.2. The molecule has 1 aliphatic carbocycles. The average Bonchev–Trinajstić information content (AvgIpc) is 3.17. The molecule has 0 bridgehead atoms. The summed E-state index contributed by atoms with van der Waals surface area (Å²) in [6.45, 7) is -0.00251. The van der Waals surface area contributed by atoms with Crippen molar-refractivity contribution in [1.29, 1.82) is 0 Å². The highest BCUT2D eigenvalue weighted by molar-refractivity contribution is 6.21. The normalized spacial score (nSPS) is 17.5. The quantitative estimate of drug-likeness (QED) is 0.785. The zero-order chi connectivity index (χ0) is 14.6. The van der Waals surface area contributed by atoms with E-state index in [0.717, 1.165) is 23.8 Å². The summed E-state index contributed by atoms with van der Waals surface area (Å²) in [7, 11) is 0. The van der Waals surface area contributed by atoms with E-state index in [1.165, 1.54) is 12.1 Å². The molecule has 2 heterocycles. The van der Waals surface area contributed by atoms with Crippen LogP contribution < -0.4 is 0 Å². The van der Waals surface area contributed by atoms with Gasteiger partial charge in [-0.3, -0.25) is 14.5 Å². The maximum atomic E-state index is 13.2. The summed E-state index contributed by atoms with van der Waals surface area (Å²) in [5.74, 6) is -1.03. The molecule has 21 heavy (non-hydrogen) atoms. The van der Waals surface area contributed by atoms with Crippen molar-refractivity contribution in [3.8, 4) is 0 Å². The number of carbonyl (C=O) groups is 2. The maximum Gasteiger partial charge on any atom is 0.262 e. The molecule has 1 aromatic heterocycles. The zero-order valence-electron chi connectivity index (χ0n) is 10.9. The lowest BCUT2D eigenvalue weighted by Gasteiger charge is -2.12. The number of carbonyl (C=O) groups excluding carboxylic acids is 2. The van der Waals surface area contributed by atoms with Crippen molar-refractivity contribution >= 4 is 11.8 Å². The second kappa shape index (κ2) is 4.18. The highest BCUT2D eigenvalue weighted by Gasteiger charge is 2.37. The Labute approximate surface area is 118 Å². The zero-order valence-corrected chi connectivity index (χ0v) is 10.9. The van der Waals surface area contributed by atoms with Crippen LogP contribution in [0.4, 0.5) is 4.39 Å². The van der Waals surface area contributed by atoms with Crippen LogP contribution in [0.2, 0.25) is 0 Å². The SMILES string of the molecule is O=C1c2ccc(F)cc2C(=O)N1Cc1nnnn1C1CC1. The highest BCUT2D eigenvalue weighted by Crippen LogP contribution is 2.35. The van der Waals surface area contributed by atoms with Crippen LogP contribution in [0.15, 0.2) is 18.2 Å². The van der Waals surface area contributed by atoms with Crippen LogP contribution in [0.1, 0.15) is 45.4 Å². The van der Waals surface area contributed by atoms with Crippen LogP contribution in [0.25, 0.3) is 0 Å². The van der Waals surface area contributed by atoms with Crippen molar-refractivity contribution in [3.63, 3.8) is 0 Å². The van der Waals surface area contributed by atoms with E-state index in [-0.39, 0.29) is 23.7 Å². The molecule has 2 aromatic rings. The van der Waals surface area contributed by atoms with E-state index in [9.17, 15) is 14.0 Å². The van der Waals surface area contributed by atoms with Crippen molar-refractivity contribution in [2.75, 3.05) is 0 Å². The summed E-state index contributed by atoms with van der Waals surface area (Å²) in [6, 6.07) is 3.83. The van der Waals surface area contributed by atoms with Gasteiger partial charge in [0.25, 0.3) is 11.8 Å². The predicted molar refractivity (Wildman–Crippen MR) is 66.7 cm³/mol. The molecule has 8 heteroatoms. The van der Waals surface area contributed by atoms with Crippen molar-refractivity contribution in [1.82, 2.24) is 25.1 Å². The van der Waals surface area contributed by atoms with Gasteiger partial charge < -0.3 is 0 Å². The van der Waals surface area contributed by atoms with Gasteiger partial charge in [-0.1, -0.05) is 0 Å². The second-order valence-electron chi connectivity index (χ2n) is 5.16. The second-order valence-corrected chi connectivity index (χ2v) is 5.16. The Balaban J connectivity index is 1.66. The molecule has 0 unspecified atom stereocenters. The van der Waals surface area contributed by atoms with Gasteiger partial charge in [0, 0.05) is 0 Å². The largest absolute Gasteiger partial charge is 0.269 e. The molecule has 0 N–H and O–H groups in total. The van der Waals surface area contributed by atoms with Crippen LogP contribution in [-0.2, 0) is 6.54 Å². The Kier molecular flexibility index (Phi) is 2.41. The molecule has 4 rings (SSSR count). The van der Waals surface area contributed by atoms with E-state index < -0.39 is 17.6 Å². The molecule has 7 nitrogen and oxygen atoms in total. The summed E-state index contributed by atoms with van der Waals surface area (Å²) in [4.78, 5) is 25.5. The summed E-state index contributed by atoms with van der Waals surface area (Å²) < 4.78 is 14.9. The molecule has 0 radical (unpaired) electrons. The number of aromatic nitrogens is 4. The van der Waals surface area contributed by atoms with E-state index in [2.05, 4.69) is 15.5 Å². The lowest BCUT2D eigenvalue weighted by molar-refractivity contribution is 0.0636. The monoisotopic (exact) mass is 287 g/mol. The minimum Gasteiger partial charge on any atom is -0.269 e. The number of hydrogen-bond acceptors (Lipinski definition) is 5. The number of hydrogen-bond donors (Lipinski definition) is 0. The number of amides is 2. The third kappa shape index (κ3) is 1.83. The van der Waals surface area contributed by atoms with Crippen LogP contribution in [0.3, 0.4) is 0 Å². The number of imide groups is 1. The van der Waals surface area contributed by atoms with Gasteiger partial charge in [0.2, 0.25) is 0 Å². The van der Waals surface area contributed by atoms with Gasteiger partial charge >= 0.3 is 0 Å². The Morgan fingerprint density at radius 3 is 2.71 bits per heavy atom. The molecular formula is C13H10FN5O2. The fraction of sp³-hybridized carbons (Fsp3) is 0.308. The van der Waals surface area contributed by atoms with E-state index in [4.69, 9.17) is 0 Å². The summed E-state index contributed by atoms with van der Waals surface area (Å²) in [5.41, 5.74) is 0.303. The number of rotatable bonds is 3. The van der Waals surface area contributed by atoms with Crippen molar-refractivity contribution < 1.29 is 14.0 Å². The topological polar surface area (TPSA) is 81.0 Å². The van der Waals surface area contributed by atoms with Gasteiger partial charge in [0.05, 0.1) is 23.7 Å². The molecule has 1 aromatic carbocycles. The van der Waals surface area contributed by atoms with Crippen molar-refractivity contribution in [2.45, 2.75) is 25.4 Å². The lowest BCUT2D eigenvalue weighted by Crippen LogP contribution is -2.30. The van der Waals surface area contributed by atoms with Crippen molar-refractivity contribution in [3.05, 3.63) is 41.0 Å². The summed E-state index contributed by atoms with van der Waals surface area (Å²) >= 11 is 0. The van der Waals surface area contributed by atoms with Crippen LogP contribution >= 0.6 is 0 Å². The molecular weight excluding hydrogens is 277 g/mol. The van der Waals surface area contributed by atoms with E-state index in [1.54, 1.807) is 4.68 Å². The molecule has 0 saturated heterocycles. The predicted octanol–water partition coefficient (Wildman–Crippen LogP) is 0.943. The first-order valence-corrected chi connectivity index (χ1v) is 6.57. The fourth-order valence-electron chi connectivity index (χ4n) is 2.47. The van der Waals surface area contributed by atoms with Gasteiger partial charge in [-0.2, -0.15) is 0 Å². The number of halogens is 1. The molecule has 1 fully saturated rings. The lowest BCUT2D eigenvalue weighted by atomic mass is 10.1. The Bertz CT molecular complexity index is 768. The van der Waals surface area contributed by atoms with Crippen LogP contribution in [0, 0.1) is 5.82 Å². The minimum absolute atomic E-state index is 0.00251. The number of nitrogens with zero attached hydrogens (tertiary/aromatic N) is 5. The first-order chi connectivity index (χ1) is 10.1. The van der Waals surface area contributed by atoms with Gasteiger partial charge in [0.15, 0.2) is 5.82 Å². The van der Waals surface area contributed by atoms with E-state index >= 15 is 0 Å². The Morgan fingerprint density at radius 2 is 1.95 bits per heavy atom. The van der Waals surface area contributed by atoms with E-state index in [1.807, 2.05) is 0 Å². The smallest absolute Gasteiger partial charge is 0.262 e. The first kappa shape index (κ1) is 12.1. The molecule has 2 aliphatic rings. The Hall–Kier alpha value is -2.64. The fourth-order valence-corrected chi connectivity index (χ4v) is 2.47. The molecule has 106 valence electrons. The number of tetrazole rings is 1. The molecule has 0 spiro atoms. The van der Waals surface area contributed by atoms with Gasteiger partial charge in [-0.15, -0.1) is 5.10 Å².